The maximum Gasteiger partial charge on any atom is 0.321 e. The Hall–Kier alpha value is -3.00. The number of urea groups is 1. The van der Waals surface area contributed by atoms with Crippen LogP contribution in [-0.4, -0.2) is 32.9 Å². The zero-order valence-electron chi connectivity index (χ0n) is 17.1. The summed E-state index contributed by atoms with van der Waals surface area (Å²) in [7, 11) is 0. The van der Waals surface area contributed by atoms with Gasteiger partial charge in [-0.15, -0.1) is 0 Å². The van der Waals surface area contributed by atoms with Crippen molar-refractivity contribution in [2.45, 2.75) is 39.7 Å². The zero-order valence-corrected chi connectivity index (χ0v) is 18.0. The number of aryl methyl sites for hydroxylation is 2. The van der Waals surface area contributed by atoms with Gasteiger partial charge >= 0.3 is 6.03 Å². The van der Waals surface area contributed by atoms with Crippen molar-refractivity contribution < 1.29 is 9.59 Å². The molecule has 2 amide bonds. The van der Waals surface area contributed by atoms with Crippen LogP contribution in [0.3, 0.4) is 0 Å². The van der Waals surface area contributed by atoms with E-state index in [2.05, 4.69) is 27.5 Å². The lowest BCUT2D eigenvalue weighted by Crippen LogP contribution is -2.30. The molecule has 0 aliphatic heterocycles. The Bertz CT molecular complexity index is 1050. The summed E-state index contributed by atoms with van der Waals surface area (Å²) in [5.41, 5.74) is 3.57. The number of aromatic nitrogens is 3. The fourth-order valence-electron chi connectivity index (χ4n) is 3.24. The van der Waals surface area contributed by atoms with Crippen LogP contribution in [-0.2, 0) is 13.0 Å². The summed E-state index contributed by atoms with van der Waals surface area (Å²) in [4.78, 5) is 34.1. The molecule has 8 heteroatoms. The number of hydrogen-bond acceptors (Lipinski definition) is 5. The number of hydrogen-bond donors (Lipinski definition) is 2. The smallest absolute Gasteiger partial charge is 0.321 e. The Morgan fingerprint density at radius 1 is 1.23 bits per heavy atom. The lowest BCUT2D eigenvalue weighted by atomic mass is 10.0. The number of carbonyl (C=O) groups excluding carboxylic acids is 2. The molecule has 0 unspecified atom stereocenters. The number of nitrogens with one attached hydrogen (secondary N) is 2. The molecule has 4 rings (SSSR count). The number of rotatable bonds is 8. The van der Waals surface area contributed by atoms with Crippen molar-refractivity contribution in [1.29, 1.82) is 0 Å². The molecule has 1 saturated carbocycles. The highest BCUT2D eigenvalue weighted by molar-refractivity contribution is 7.19. The highest BCUT2D eigenvalue weighted by Crippen LogP contribution is 2.35. The highest BCUT2D eigenvalue weighted by Gasteiger charge is 2.30. The monoisotopic (exact) mass is 423 g/mol. The second kappa shape index (κ2) is 8.79. The van der Waals surface area contributed by atoms with Crippen molar-refractivity contribution in [2.24, 2.45) is 5.92 Å². The maximum atomic E-state index is 12.2. The Morgan fingerprint density at radius 2 is 2.00 bits per heavy atom. The van der Waals surface area contributed by atoms with Crippen LogP contribution in [0.4, 0.5) is 9.93 Å². The third-order valence-corrected chi connectivity index (χ3v) is 6.24. The van der Waals surface area contributed by atoms with E-state index in [1.54, 1.807) is 6.33 Å². The van der Waals surface area contributed by atoms with E-state index in [0.29, 0.717) is 18.1 Å². The number of thiazole rings is 1. The molecule has 0 spiro atoms. The number of anilines is 1. The Balaban J connectivity index is 1.32. The number of carbonyl (C=O) groups is 2. The van der Waals surface area contributed by atoms with E-state index in [-0.39, 0.29) is 17.7 Å². The van der Waals surface area contributed by atoms with E-state index in [9.17, 15) is 9.59 Å². The van der Waals surface area contributed by atoms with Crippen LogP contribution >= 0.6 is 11.3 Å². The number of imidazole rings is 1. The van der Waals surface area contributed by atoms with Gasteiger partial charge in [0.2, 0.25) is 0 Å². The Kier molecular flexibility index (Phi) is 5.94. The van der Waals surface area contributed by atoms with Crippen molar-refractivity contribution in [3.63, 3.8) is 0 Å². The number of nitrogens with zero attached hydrogens (tertiary/aromatic N) is 3. The highest BCUT2D eigenvalue weighted by atomic mass is 32.1. The summed E-state index contributed by atoms with van der Waals surface area (Å²) in [6.07, 6.45) is 6.47. The molecule has 2 heterocycles. The third kappa shape index (κ3) is 4.76. The molecular formula is C22H25N5O2S. The molecule has 1 fully saturated rings. The first-order valence-electron chi connectivity index (χ1n) is 10.2. The normalized spacial score (nSPS) is 13.3. The minimum Gasteiger partial charge on any atom is -0.337 e. The van der Waals surface area contributed by atoms with Gasteiger partial charge in [0, 0.05) is 37.2 Å². The van der Waals surface area contributed by atoms with E-state index >= 15 is 0 Å². The fraction of sp³-hybridized carbons (Fsp3) is 0.364. The number of benzene rings is 1. The van der Waals surface area contributed by atoms with Crippen molar-refractivity contribution in [1.82, 2.24) is 19.9 Å². The van der Waals surface area contributed by atoms with Gasteiger partial charge in [-0.2, -0.15) is 0 Å². The summed E-state index contributed by atoms with van der Waals surface area (Å²) in [5, 5.41) is 6.20. The van der Waals surface area contributed by atoms with Gasteiger partial charge in [-0.3, -0.25) is 10.1 Å². The standard InChI is InChI=1S/C22H25N5O2S/c1-3-27-12-18(24-13-27)10-11-23-21(29)26-22-25-14(2)20(30-22)17-8-6-16(7-9-17)19(28)15-4-5-15/h6-9,12-13,15H,3-5,10-11H2,1-2H3,(H2,23,25,26,29). The molecule has 0 radical (unpaired) electrons. The second-order valence-electron chi connectivity index (χ2n) is 7.48. The van der Waals surface area contributed by atoms with E-state index in [4.69, 9.17) is 0 Å². The molecule has 7 nitrogen and oxygen atoms in total. The first-order chi connectivity index (χ1) is 14.5. The largest absolute Gasteiger partial charge is 0.337 e. The van der Waals surface area contributed by atoms with Crippen LogP contribution < -0.4 is 10.6 Å². The molecule has 2 aromatic heterocycles. The zero-order chi connectivity index (χ0) is 21.1. The predicted octanol–water partition coefficient (Wildman–Crippen LogP) is 4.29. The van der Waals surface area contributed by atoms with Crippen LogP contribution in [0.2, 0.25) is 0 Å². The van der Waals surface area contributed by atoms with E-state index in [1.165, 1.54) is 11.3 Å². The number of Topliss-reactive ketones (excluding diaryl/α,β-unsaturated/α-hetero) is 1. The summed E-state index contributed by atoms with van der Waals surface area (Å²) in [6, 6.07) is 7.39. The van der Waals surface area contributed by atoms with Crippen LogP contribution in [0.5, 0.6) is 0 Å². The average molecular weight is 424 g/mol. The van der Waals surface area contributed by atoms with Crippen LogP contribution in [0.25, 0.3) is 10.4 Å². The molecule has 30 heavy (non-hydrogen) atoms. The van der Waals surface area contributed by atoms with Crippen LogP contribution in [0, 0.1) is 12.8 Å². The fourth-order valence-corrected chi connectivity index (χ4v) is 4.21. The van der Waals surface area contributed by atoms with Crippen molar-refractivity contribution in [3.8, 4) is 10.4 Å². The second-order valence-corrected chi connectivity index (χ2v) is 8.47. The van der Waals surface area contributed by atoms with Gasteiger partial charge < -0.3 is 9.88 Å². The first-order valence-corrected chi connectivity index (χ1v) is 11.0. The van der Waals surface area contributed by atoms with E-state index in [0.717, 1.165) is 46.8 Å². The van der Waals surface area contributed by atoms with E-state index in [1.807, 2.05) is 42.0 Å². The maximum absolute atomic E-state index is 12.2. The molecule has 156 valence electrons. The molecule has 0 saturated heterocycles. The molecule has 2 N–H and O–H groups in total. The molecular weight excluding hydrogens is 398 g/mol. The number of amides is 2. The van der Waals surface area contributed by atoms with Crippen molar-refractivity contribution >= 4 is 28.3 Å². The molecule has 1 aliphatic carbocycles. The van der Waals surface area contributed by atoms with E-state index < -0.39 is 0 Å². The quantitative estimate of drug-likeness (QED) is 0.529. The topological polar surface area (TPSA) is 88.9 Å². The molecule has 3 aromatic rings. The summed E-state index contributed by atoms with van der Waals surface area (Å²) in [5.74, 6) is 0.459. The Labute approximate surface area is 179 Å². The van der Waals surface area contributed by atoms with Crippen LogP contribution in [0.15, 0.2) is 36.8 Å². The van der Waals surface area contributed by atoms with Gasteiger partial charge in [0.05, 0.1) is 22.6 Å². The minimum absolute atomic E-state index is 0.220. The SMILES string of the molecule is CCn1cnc(CCNC(=O)Nc2nc(C)c(-c3ccc(C(=O)C4CC4)cc3)s2)c1. The van der Waals surface area contributed by atoms with Gasteiger partial charge in [-0.25, -0.2) is 14.8 Å². The van der Waals surface area contributed by atoms with Crippen molar-refractivity contribution in [3.05, 3.63) is 53.7 Å². The number of ketones is 1. The summed E-state index contributed by atoms with van der Waals surface area (Å²) < 4.78 is 2.00. The lowest BCUT2D eigenvalue weighted by Gasteiger charge is -2.04. The van der Waals surface area contributed by atoms with Gasteiger partial charge in [0.25, 0.3) is 0 Å². The third-order valence-electron chi connectivity index (χ3n) is 5.12. The average Bonchev–Trinajstić information content (AvgIpc) is 3.39. The van der Waals surface area contributed by atoms with Gasteiger partial charge in [-0.05, 0) is 32.3 Å². The van der Waals surface area contributed by atoms with Crippen LogP contribution in [0.1, 0.15) is 41.5 Å². The summed E-state index contributed by atoms with van der Waals surface area (Å²) >= 11 is 1.43. The van der Waals surface area contributed by atoms with Gasteiger partial charge in [-0.1, -0.05) is 35.6 Å². The minimum atomic E-state index is -0.282. The molecule has 0 bridgehead atoms. The van der Waals surface area contributed by atoms with Crippen molar-refractivity contribution in [2.75, 3.05) is 11.9 Å². The Morgan fingerprint density at radius 3 is 2.67 bits per heavy atom. The van der Waals surface area contributed by atoms with Gasteiger partial charge in [0.15, 0.2) is 10.9 Å². The predicted molar refractivity (Wildman–Crippen MR) is 118 cm³/mol. The molecule has 1 aliphatic rings. The van der Waals surface area contributed by atoms with Gasteiger partial charge in [0.1, 0.15) is 0 Å². The molecule has 0 atom stereocenters. The lowest BCUT2D eigenvalue weighted by molar-refractivity contribution is 0.0967. The summed E-state index contributed by atoms with van der Waals surface area (Å²) in [6.45, 7) is 5.36. The molecule has 1 aromatic carbocycles. The first kappa shape index (κ1) is 20.3.